The molecular weight excluding hydrogens is 238 g/mol. The third kappa shape index (κ3) is 2.33. The number of aliphatic hydroxyl groups is 1. The molecule has 0 saturated carbocycles. The Kier molecular flexibility index (Phi) is 3.21. The molecule has 19 heavy (non-hydrogen) atoms. The minimum atomic E-state index is 0.0370. The van der Waals surface area contributed by atoms with E-state index in [2.05, 4.69) is 5.32 Å². The lowest BCUT2D eigenvalue weighted by Gasteiger charge is -2.09. The highest BCUT2D eigenvalue weighted by molar-refractivity contribution is 5.81. The van der Waals surface area contributed by atoms with Crippen LogP contribution in [-0.2, 0) is 13.2 Å². The summed E-state index contributed by atoms with van der Waals surface area (Å²) in [5.74, 6) is 0. The molecule has 1 heterocycles. The molecule has 0 saturated heterocycles. The second-order valence-electron chi connectivity index (χ2n) is 4.43. The minimum Gasteiger partial charge on any atom is -0.464 e. The number of furan rings is 1. The average molecular weight is 253 g/mol. The van der Waals surface area contributed by atoms with Crippen LogP contribution in [0.15, 0.2) is 59.2 Å². The van der Waals surface area contributed by atoms with Gasteiger partial charge in [-0.05, 0) is 12.1 Å². The van der Waals surface area contributed by atoms with Crippen molar-refractivity contribution in [2.24, 2.45) is 0 Å². The van der Waals surface area contributed by atoms with E-state index in [0.29, 0.717) is 6.54 Å². The van der Waals surface area contributed by atoms with Gasteiger partial charge in [0.2, 0.25) is 0 Å². The highest BCUT2D eigenvalue weighted by Crippen LogP contribution is 2.22. The quantitative estimate of drug-likeness (QED) is 0.747. The van der Waals surface area contributed by atoms with Gasteiger partial charge < -0.3 is 14.8 Å². The third-order valence-electron chi connectivity index (χ3n) is 3.22. The number of rotatable bonds is 4. The number of hydrogen-bond acceptors (Lipinski definition) is 3. The molecule has 3 aromatic rings. The molecule has 1 aromatic heterocycles. The molecule has 2 N–H and O–H groups in total. The van der Waals surface area contributed by atoms with Gasteiger partial charge in [0, 0.05) is 28.7 Å². The molecule has 3 nitrogen and oxygen atoms in total. The Morgan fingerprint density at radius 3 is 2.63 bits per heavy atom. The van der Waals surface area contributed by atoms with Crippen LogP contribution in [0.25, 0.3) is 11.0 Å². The van der Waals surface area contributed by atoms with Crippen LogP contribution in [0.3, 0.4) is 0 Å². The third-order valence-corrected chi connectivity index (χ3v) is 3.22. The molecule has 3 heteroatoms. The lowest BCUT2D eigenvalue weighted by atomic mass is 10.1. The number of fused-ring (bicyclic) bond motifs is 1. The SMILES string of the molecule is OCc1ccccc1NCc1coc2ccccc12. The van der Waals surface area contributed by atoms with E-state index in [1.54, 1.807) is 6.26 Å². The molecule has 0 amide bonds. The summed E-state index contributed by atoms with van der Waals surface area (Å²) >= 11 is 0. The maximum absolute atomic E-state index is 9.29. The van der Waals surface area contributed by atoms with E-state index in [9.17, 15) is 5.11 Å². The Labute approximate surface area is 111 Å². The highest BCUT2D eigenvalue weighted by Gasteiger charge is 2.05. The van der Waals surface area contributed by atoms with Crippen LogP contribution in [0, 0.1) is 0 Å². The number of benzene rings is 2. The summed E-state index contributed by atoms with van der Waals surface area (Å²) in [5, 5.41) is 13.7. The van der Waals surface area contributed by atoms with Crippen LogP contribution in [0.1, 0.15) is 11.1 Å². The first-order valence-electron chi connectivity index (χ1n) is 6.26. The molecule has 0 aliphatic rings. The summed E-state index contributed by atoms with van der Waals surface area (Å²) in [5.41, 5.74) is 3.86. The predicted octanol–water partition coefficient (Wildman–Crippen LogP) is 3.54. The van der Waals surface area contributed by atoms with Crippen LogP contribution in [0.5, 0.6) is 0 Å². The zero-order valence-corrected chi connectivity index (χ0v) is 10.5. The fraction of sp³-hybridized carbons (Fsp3) is 0.125. The maximum atomic E-state index is 9.29. The van der Waals surface area contributed by atoms with E-state index in [1.165, 1.54) is 0 Å². The van der Waals surface area contributed by atoms with Crippen LogP contribution in [0.4, 0.5) is 5.69 Å². The molecule has 2 aromatic carbocycles. The molecule has 0 spiro atoms. The Balaban J connectivity index is 1.82. The van der Waals surface area contributed by atoms with Gasteiger partial charge in [-0.2, -0.15) is 0 Å². The molecule has 0 aliphatic carbocycles. The number of aliphatic hydroxyl groups excluding tert-OH is 1. The van der Waals surface area contributed by atoms with Crippen molar-refractivity contribution in [2.45, 2.75) is 13.2 Å². The van der Waals surface area contributed by atoms with E-state index in [0.717, 1.165) is 27.8 Å². The fourth-order valence-electron chi connectivity index (χ4n) is 2.19. The van der Waals surface area contributed by atoms with Crippen molar-refractivity contribution in [2.75, 3.05) is 5.32 Å². The van der Waals surface area contributed by atoms with Crippen molar-refractivity contribution >= 4 is 16.7 Å². The standard InChI is InChI=1S/C16H15NO2/c18-10-12-5-1-3-7-15(12)17-9-13-11-19-16-8-4-2-6-14(13)16/h1-8,11,17-18H,9-10H2. The fourth-order valence-corrected chi connectivity index (χ4v) is 2.19. The molecule has 0 aliphatic heterocycles. The van der Waals surface area contributed by atoms with Crippen LogP contribution in [-0.4, -0.2) is 5.11 Å². The van der Waals surface area contributed by atoms with Gasteiger partial charge in [0.15, 0.2) is 0 Å². The molecule has 3 rings (SSSR count). The number of hydrogen-bond donors (Lipinski definition) is 2. The number of nitrogens with one attached hydrogen (secondary N) is 1. The summed E-state index contributed by atoms with van der Waals surface area (Å²) in [7, 11) is 0. The van der Waals surface area contributed by atoms with Gasteiger partial charge in [0.05, 0.1) is 12.9 Å². The largest absolute Gasteiger partial charge is 0.464 e. The zero-order valence-electron chi connectivity index (χ0n) is 10.5. The first-order valence-corrected chi connectivity index (χ1v) is 6.26. The summed E-state index contributed by atoms with van der Waals surface area (Å²) < 4.78 is 5.50. The minimum absolute atomic E-state index is 0.0370. The van der Waals surface area contributed by atoms with Crippen molar-refractivity contribution in [3.05, 3.63) is 65.9 Å². The Morgan fingerprint density at radius 2 is 1.74 bits per heavy atom. The van der Waals surface area contributed by atoms with Gasteiger partial charge in [-0.25, -0.2) is 0 Å². The molecule has 96 valence electrons. The normalized spacial score (nSPS) is 10.8. The number of anilines is 1. The summed E-state index contributed by atoms with van der Waals surface area (Å²) in [4.78, 5) is 0. The molecule has 0 unspecified atom stereocenters. The Morgan fingerprint density at radius 1 is 0.947 bits per heavy atom. The topological polar surface area (TPSA) is 45.4 Å². The van der Waals surface area contributed by atoms with E-state index in [4.69, 9.17) is 4.42 Å². The van der Waals surface area contributed by atoms with Gasteiger partial charge in [-0.1, -0.05) is 36.4 Å². The van der Waals surface area contributed by atoms with Crippen LogP contribution in [0.2, 0.25) is 0 Å². The second kappa shape index (κ2) is 5.16. The zero-order chi connectivity index (χ0) is 13.1. The van der Waals surface area contributed by atoms with Gasteiger partial charge >= 0.3 is 0 Å². The van der Waals surface area contributed by atoms with Gasteiger partial charge in [0.25, 0.3) is 0 Å². The monoisotopic (exact) mass is 253 g/mol. The first kappa shape index (κ1) is 11.8. The van der Waals surface area contributed by atoms with E-state index >= 15 is 0 Å². The maximum Gasteiger partial charge on any atom is 0.134 e. The van der Waals surface area contributed by atoms with Crippen molar-refractivity contribution < 1.29 is 9.52 Å². The van der Waals surface area contributed by atoms with Crippen molar-refractivity contribution in [3.63, 3.8) is 0 Å². The average Bonchev–Trinajstić information content (AvgIpc) is 2.89. The van der Waals surface area contributed by atoms with E-state index < -0.39 is 0 Å². The van der Waals surface area contributed by atoms with E-state index in [1.807, 2.05) is 48.5 Å². The number of para-hydroxylation sites is 2. The Bertz CT molecular complexity index is 688. The second-order valence-corrected chi connectivity index (χ2v) is 4.43. The Hall–Kier alpha value is -2.26. The van der Waals surface area contributed by atoms with Crippen LogP contribution < -0.4 is 5.32 Å². The van der Waals surface area contributed by atoms with Crippen molar-refractivity contribution in [1.29, 1.82) is 0 Å². The first-order chi connectivity index (χ1) is 9.38. The smallest absolute Gasteiger partial charge is 0.134 e. The molecule has 0 radical (unpaired) electrons. The lowest BCUT2D eigenvalue weighted by molar-refractivity contribution is 0.282. The van der Waals surface area contributed by atoms with Crippen molar-refractivity contribution in [1.82, 2.24) is 0 Å². The summed E-state index contributed by atoms with van der Waals surface area (Å²) in [6.07, 6.45) is 1.78. The molecule has 0 bridgehead atoms. The van der Waals surface area contributed by atoms with E-state index in [-0.39, 0.29) is 6.61 Å². The van der Waals surface area contributed by atoms with Gasteiger partial charge in [0.1, 0.15) is 5.58 Å². The van der Waals surface area contributed by atoms with Crippen LogP contribution >= 0.6 is 0 Å². The van der Waals surface area contributed by atoms with Gasteiger partial charge in [-0.15, -0.1) is 0 Å². The predicted molar refractivity (Wildman–Crippen MR) is 75.9 cm³/mol. The summed E-state index contributed by atoms with van der Waals surface area (Å²) in [6, 6.07) is 15.7. The van der Waals surface area contributed by atoms with Crippen molar-refractivity contribution in [3.8, 4) is 0 Å². The molecule has 0 fully saturated rings. The lowest BCUT2D eigenvalue weighted by Crippen LogP contribution is -2.01. The highest BCUT2D eigenvalue weighted by atomic mass is 16.3. The van der Waals surface area contributed by atoms with Gasteiger partial charge in [-0.3, -0.25) is 0 Å². The molecule has 0 atom stereocenters. The molecular formula is C16H15NO2. The summed E-state index contributed by atoms with van der Waals surface area (Å²) in [6.45, 7) is 0.712.